The molecule has 29 heavy (non-hydrogen) atoms. The number of amides is 1. The van der Waals surface area contributed by atoms with Crippen LogP contribution in [0.25, 0.3) is 0 Å². The molecule has 7 nitrogen and oxygen atoms in total. The van der Waals surface area contributed by atoms with Gasteiger partial charge in [-0.05, 0) is 31.4 Å². The van der Waals surface area contributed by atoms with Gasteiger partial charge in [0.1, 0.15) is 11.3 Å². The number of rotatable bonds is 7. The maximum atomic E-state index is 12.8. The zero-order valence-corrected chi connectivity index (χ0v) is 16.6. The van der Waals surface area contributed by atoms with E-state index in [4.69, 9.17) is 4.74 Å². The zero-order chi connectivity index (χ0) is 21.0. The molecule has 1 saturated heterocycles. The average molecular weight is 431 g/mol. The number of ether oxygens (including phenoxy) is 2. The van der Waals surface area contributed by atoms with Crippen LogP contribution in [-0.4, -0.2) is 62.0 Å². The molecule has 1 aromatic carbocycles. The summed E-state index contributed by atoms with van der Waals surface area (Å²) in [5.41, 5.74) is -0.212. The third kappa shape index (κ3) is 5.43. The molecule has 1 amide bonds. The molecule has 1 aliphatic carbocycles. The highest BCUT2D eigenvalue weighted by atomic mass is 32.2. The third-order valence-corrected chi connectivity index (χ3v) is 7.01. The first kappa shape index (κ1) is 21.5. The second-order valence-electron chi connectivity index (χ2n) is 7.25. The van der Waals surface area contributed by atoms with Gasteiger partial charge in [-0.1, -0.05) is 25.0 Å². The monoisotopic (exact) mass is 431 g/mol. The Hall–Kier alpha value is -2.23. The normalized spacial score (nSPS) is 21.3. The lowest BCUT2D eigenvalue weighted by Gasteiger charge is -2.33. The number of benzene rings is 1. The Bertz CT molecular complexity index is 854. The SMILES string of the molecule is O=C(OCC(=O)N(C1CCCC1)C1CCS(=O)(=O)C1)c1ccccc1OC(F)F. The predicted octanol–water partition coefficient (Wildman–Crippen LogP) is 2.40. The standard InChI is InChI=1S/C19H23F2NO6S/c20-19(21)28-16-8-4-3-7-15(16)18(24)27-11-17(23)22(13-5-1-2-6-13)14-9-10-29(25,26)12-14/h3-4,7-8,13-14,19H,1-2,5-6,9-12H2. The number of nitrogens with zero attached hydrogens (tertiary/aromatic N) is 1. The number of carbonyl (C=O) groups excluding carboxylic acids is 2. The van der Waals surface area contributed by atoms with Crippen LogP contribution in [-0.2, 0) is 19.4 Å². The molecule has 1 atom stereocenters. The topological polar surface area (TPSA) is 90.0 Å². The Labute approximate surface area is 167 Å². The van der Waals surface area contributed by atoms with E-state index in [1.165, 1.54) is 24.3 Å². The molecule has 1 aliphatic heterocycles. The second kappa shape index (κ2) is 9.06. The van der Waals surface area contributed by atoms with E-state index < -0.39 is 41.0 Å². The maximum Gasteiger partial charge on any atom is 0.387 e. The van der Waals surface area contributed by atoms with E-state index in [0.717, 1.165) is 25.7 Å². The van der Waals surface area contributed by atoms with Crippen molar-refractivity contribution in [3.63, 3.8) is 0 Å². The van der Waals surface area contributed by atoms with Gasteiger partial charge in [0.2, 0.25) is 0 Å². The minimum absolute atomic E-state index is 0.0340. The Morgan fingerprint density at radius 3 is 2.41 bits per heavy atom. The molecule has 0 spiro atoms. The van der Waals surface area contributed by atoms with Gasteiger partial charge in [-0.3, -0.25) is 4.79 Å². The molecule has 10 heteroatoms. The van der Waals surface area contributed by atoms with E-state index in [9.17, 15) is 26.8 Å². The van der Waals surface area contributed by atoms with Gasteiger partial charge in [-0.2, -0.15) is 8.78 Å². The van der Waals surface area contributed by atoms with Crippen LogP contribution in [0.5, 0.6) is 5.75 Å². The van der Waals surface area contributed by atoms with E-state index in [1.54, 1.807) is 4.90 Å². The minimum atomic E-state index is -3.18. The highest BCUT2D eigenvalue weighted by molar-refractivity contribution is 7.91. The van der Waals surface area contributed by atoms with Crippen LogP contribution in [0.1, 0.15) is 42.5 Å². The van der Waals surface area contributed by atoms with Gasteiger partial charge in [0.05, 0.1) is 11.5 Å². The molecule has 0 radical (unpaired) electrons. The summed E-state index contributed by atoms with van der Waals surface area (Å²) in [4.78, 5) is 26.7. The fraction of sp³-hybridized carbons (Fsp3) is 0.579. The highest BCUT2D eigenvalue weighted by Gasteiger charge is 2.39. The molecule has 1 saturated carbocycles. The fourth-order valence-electron chi connectivity index (χ4n) is 4.00. The van der Waals surface area contributed by atoms with E-state index in [1.807, 2.05) is 0 Å². The van der Waals surface area contributed by atoms with Crippen molar-refractivity contribution in [2.24, 2.45) is 0 Å². The summed E-state index contributed by atoms with van der Waals surface area (Å²) >= 11 is 0. The number of alkyl halides is 2. The first-order valence-corrected chi connectivity index (χ1v) is 11.3. The van der Waals surface area contributed by atoms with E-state index in [0.29, 0.717) is 6.42 Å². The van der Waals surface area contributed by atoms with Crippen LogP contribution < -0.4 is 4.74 Å². The molecular weight excluding hydrogens is 408 g/mol. The van der Waals surface area contributed by atoms with Crippen molar-refractivity contribution in [3.05, 3.63) is 29.8 Å². The van der Waals surface area contributed by atoms with Gasteiger partial charge in [-0.15, -0.1) is 0 Å². The van der Waals surface area contributed by atoms with Gasteiger partial charge in [0.15, 0.2) is 16.4 Å². The Balaban J connectivity index is 1.68. The summed E-state index contributed by atoms with van der Waals surface area (Å²) in [6, 6.07) is 4.87. The second-order valence-corrected chi connectivity index (χ2v) is 9.48. The molecule has 0 aromatic heterocycles. The first-order chi connectivity index (χ1) is 13.8. The third-order valence-electron chi connectivity index (χ3n) is 5.26. The van der Waals surface area contributed by atoms with E-state index in [2.05, 4.69) is 4.74 Å². The van der Waals surface area contributed by atoms with Crippen molar-refractivity contribution in [2.45, 2.75) is 50.8 Å². The molecule has 2 fully saturated rings. The Morgan fingerprint density at radius 1 is 1.10 bits per heavy atom. The first-order valence-electron chi connectivity index (χ1n) is 9.49. The summed E-state index contributed by atoms with van der Waals surface area (Å²) in [7, 11) is -3.18. The van der Waals surface area contributed by atoms with Crippen LogP contribution in [0, 0.1) is 0 Å². The molecule has 3 rings (SSSR count). The summed E-state index contributed by atoms with van der Waals surface area (Å²) < 4.78 is 58.1. The number of halogens is 2. The Morgan fingerprint density at radius 2 is 1.79 bits per heavy atom. The Kier molecular flexibility index (Phi) is 6.71. The van der Waals surface area contributed by atoms with Crippen molar-refractivity contribution in [1.82, 2.24) is 4.90 Å². The molecule has 1 unspecified atom stereocenters. The van der Waals surface area contributed by atoms with Crippen molar-refractivity contribution >= 4 is 21.7 Å². The van der Waals surface area contributed by atoms with Crippen molar-refractivity contribution < 1.29 is 36.3 Å². The van der Waals surface area contributed by atoms with Crippen molar-refractivity contribution in [1.29, 1.82) is 0 Å². The van der Waals surface area contributed by atoms with E-state index >= 15 is 0 Å². The predicted molar refractivity (Wildman–Crippen MR) is 99.5 cm³/mol. The molecule has 160 valence electrons. The average Bonchev–Trinajstić information content (AvgIpc) is 3.30. The molecule has 1 heterocycles. The van der Waals surface area contributed by atoms with Gasteiger partial charge < -0.3 is 14.4 Å². The highest BCUT2D eigenvalue weighted by Crippen LogP contribution is 2.29. The van der Waals surface area contributed by atoms with Crippen LogP contribution in [0.4, 0.5) is 8.78 Å². The van der Waals surface area contributed by atoms with Gasteiger partial charge >= 0.3 is 12.6 Å². The van der Waals surface area contributed by atoms with Crippen LogP contribution >= 0.6 is 0 Å². The molecule has 0 N–H and O–H groups in total. The van der Waals surface area contributed by atoms with Crippen LogP contribution in [0.2, 0.25) is 0 Å². The largest absolute Gasteiger partial charge is 0.452 e. The summed E-state index contributed by atoms with van der Waals surface area (Å²) in [6.07, 6.45) is 3.82. The minimum Gasteiger partial charge on any atom is -0.452 e. The number of hydrogen-bond acceptors (Lipinski definition) is 6. The number of hydrogen-bond donors (Lipinski definition) is 0. The smallest absolute Gasteiger partial charge is 0.387 e. The molecule has 0 bridgehead atoms. The van der Waals surface area contributed by atoms with Crippen LogP contribution in [0.15, 0.2) is 24.3 Å². The quantitative estimate of drug-likeness (QED) is 0.616. The lowest BCUT2D eigenvalue weighted by atomic mass is 10.1. The van der Waals surface area contributed by atoms with Crippen LogP contribution in [0.3, 0.4) is 0 Å². The molecular formula is C19H23F2NO6S. The van der Waals surface area contributed by atoms with Gasteiger partial charge in [0, 0.05) is 12.1 Å². The van der Waals surface area contributed by atoms with Gasteiger partial charge in [0.25, 0.3) is 5.91 Å². The maximum absolute atomic E-state index is 12.8. The summed E-state index contributed by atoms with van der Waals surface area (Å²) in [5.74, 6) is -1.82. The number of para-hydroxylation sites is 1. The molecule has 1 aromatic rings. The van der Waals surface area contributed by atoms with Crippen molar-refractivity contribution in [2.75, 3.05) is 18.1 Å². The van der Waals surface area contributed by atoms with Crippen molar-refractivity contribution in [3.8, 4) is 5.75 Å². The zero-order valence-electron chi connectivity index (χ0n) is 15.8. The molecule has 2 aliphatic rings. The van der Waals surface area contributed by atoms with Gasteiger partial charge in [-0.25, -0.2) is 13.2 Å². The summed E-state index contributed by atoms with van der Waals surface area (Å²) in [5, 5.41) is 0. The lowest BCUT2D eigenvalue weighted by Crippen LogP contribution is -2.48. The van der Waals surface area contributed by atoms with E-state index in [-0.39, 0.29) is 28.9 Å². The summed E-state index contributed by atoms with van der Waals surface area (Å²) in [6.45, 7) is -3.69. The number of esters is 1. The number of sulfone groups is 1. The number of carbonyl (C=O) groups is 2. The lowest BCUT2D eigenvalue weighted by molar-refractivity contribution is -0.139. The fourth-order valence-corrected chi connectivity index (χ4v) is 5.71.